The van der Waals surface area contributed by atoms with Crippen molar-refractivity contribution in [3.63, 3.8) is 0 Å². The molecule has 94 valence electrons. The SMILES string of the molecule is C(/CC1C2CC3CC(C2)CC1C3)=C1/CCNC1. The van der Waals surface area contributed by atoms with Crippen LogP contribution >= 0.6 is 0 Å². The fraction of sp³-hybridized carbons (Fsp3) is 0.875. The van der Waals surface area contributed by atoms with Crippen LogP contribution in [0.1, 0.15) is 44.9 Å². The number of allylic oxidation sites excluding steroid dienone is 1. The van der Waals surface area contributed by atoms with E-state index in [1.165, 1.54) is 25.9 Å². The minimum absolute atomic E-state index is 1.07. The summed E-state index contributed by atoms with van der Waals surface area (Å²) in [6, 6.07) is 0. The van der Waals surface area contributed by atoms with Gasteiger partial charge in [0.1, 0.15) is 0 Å². The molecule has 0 atom stereocenters. The van der Waals surface area contributed by atoms with E-state index in [2.05, 4.69) is 11.4 Å². The van der Waals surface area contributed by atoms with Gasteiger partial charge in [0.2, 0.25) is 0 Å². The molecule has 0 amide bonds. The second-order valence-electron chi connectivity index (χ2n) is 7.12. The Morgan fingerprint density at radius 2 is 1.71 bits per heavy atom. The van der Waals surface area contributed by atoms with Crippen LogP contribution in [0, 0.1) is 29.6 Å². The van der Waals surface area contributed by atoms with Gasteiger partial charge < -0.3 is 5.32 Å². The van der Waals surface area contributed by atoms with Gasteiger partial charge in [-0.05, 0) is 81.1 Å². The number of nitrogens with one attached hydrogen (secondary N) is 1. The molecule has 0 spiro atoms. The first kappa shape index (κ1) is 10.6. The van der Waals surface area contributed by atoms with Crippen molar-refractivity contribution in [1.29, 1.82) is 0 Å². The van der Waals surface area contributed by atoms with Crippen molar-refractivity contribution in [2.75, 3.05) is 13.1 Å². The summed E-state index contributed by atoms with van der Waals surface area (Å²) in [5, 5.41) is 3.46. The van der Waals surface area contributed by atoms with Gasteiger partial charge in [0, 0.05) is 6.54 Å². The summed E-state index contributed by atoms with van der Waals surface area (Å²) in [5.41, 5.74) is 1.69. The van der Waals surface area contributed by atoms with Crippen molar-refractivity contribution in [2.45, 2.75) is 44.9 Å². The summed E-state index contributed by atoms with van der Waals surface area (Å²) in [5.74, 6) is 5.55. The number of hydrogen-bond acceptors (Lipinski definition) is 1. The first-order valence-corrected chi connectivity index (χ1v) is 7.77. The molecule has 0 aromatic heterocycles. The van der Waals surface area contributed by atoms with Gasteiger partial charge in [0.05, 0.1) is 0 Å². The Labute approximate surface area is 105 Å². The standard InChI is InChI=1S/C16H25N/c1(11-3-4-17-10-11)2-16-14-6-12-5-13(8-14)9-15(16)7-12/h1,12-17H,2-10H2/b11-1+. The smallest absolute Gasteiger partial charge is 0.0165 e. The number of hydrogen-bond donors (Lipinski definition) is 1. The molecule has 1 heterocycles. The molecule has 5 rings (SSSR count). The van der Waals surface area contributed by atoms with Gasteiger partial charge in [-0.3, -0.25) is 0 Å². The molecular weight excluding hydrogens is 206 g/mol. The van der Waals surface area contributed by atoms with E-state index in [0.717, 1.165) is 29.6 Å². The molecule has 0 aromatic carbocycles. The van der Waals surface area contributed by atoms with E-state index < -0.39 is 0 Å². The highest BCUT2D eigenvalue weighted by Gasteiger charge is 2.47. The molecule has 17 heavy (non-hydrogen) atoms. The van der Waals surface area contributed by atoms with Crippen LogP contribution in [0.2, 0.25) is 0 Å². The Morgan fingerprint density at radius 3 is 2.29 bits per heavy atom. The van der Waals surface area contributed by atoms with Crippen molar-refractivity contribution in [2.24, 2.45) is 29.6 Å². The van der Waals surface area contributed by atoms with E-state index >= 15 is 0 Å². The normalized spacial score (nSPS) is 50.4. The summed E-state index contributed by atoms with van der Waals surface area (Å²) in [7, 11) is 0. The molecule has 5 aliphatic rings. The molecular formula is C16H25N. The first-order chi connectivity index (χ1) is 8.38. The largest absolute Gasteiger partial charge is 0.313 e. The third kappa shape index (κ3) is 1.87. The van der Waals surface area contributed by atoms with Gasteiger partial charge in [0.25, 0.3) is 0 Å². The monoisotopic (exact) mass is 231 g/mol. The molecule has 0 aromatic rings. The van der Waals surface area contributed by atoms with E-state index in [-0.39, 0.29) is 0 Å². The third-order valence-electron chi connectivity index (χ3n) is 6.08. The van der Waals surface area contributed by atoms with Gasteiger partial charge in [-0.25, -0.2) is 0 Å². The molecule has 1 heteroatoms. The van der Waals surface area contributed by atoms with Crippen molar-refractivity contribution < 1.29 is 0 Å². The van der Waals surface area contributed by atoms with Crippen molar-refractivity contribution in [3.8, 4) is 0 Å². The van der Waals surface area contributed by atoms with E-state index in [1.54, 1.807) is 37.7 Å². The maximum atomic E-state index is 3.46. The lowest BCUT2D eigenvalue weighted by Crippen LogP contribution is -2.44. The summed E-state index contributed by atoms with van der Waals surface area (Å²) in [6.45, 7) is 2.39. The van der Waals surface area contributed by atoms with Crippen LogP contribution in [0.25, 0.3) is 0 Å². The third-order valence-corrected chi connectivity index (χ3v) is 6.08. The van der Waals surface area contributed by atoms with Crippen LogP contribution < -0.4 is 5.32 Å². The quantitative estimate of drug-likeness (QED) is 0.719. The second-order valence-corrected chi connectivity index (χ2v) is 7.12. The fourth-order valence-electron chi connectivity index (χ4n) is 5.49. The predicted octanol–water partition coefficient (Wildman–Crippen LogP) is 3.37. The Bertz CT molecular complexity index is 294. The van der Waals surface area contributed by atoms with E-state index in [4.69, 9.17) is 0 Å². The number of rotatable bonds is 2. The van der Waals surface area contributed by atoms with Gasteiger partial charge in [-0.2, -0.15) is 0 Å². The molecule has 1 aliphatic heterocycles. The van der Waals surface area contributed by atoms with Crippen LogP contribution in [-0.2, 0) is 0 Å². The molecule has 4 bridgehead atoms. The summed E-state index contributed by atoms with van der Waals surface area (Å²) in [6.07, 6.45) is 13.2. The average Bonchev–Trinajstić information content (AvgIpc) is 2.80. The zero-order chi connectivity index (χ0) is 11.2. The Balaban J connectivity index is 1.45. The van der Waals surface area contributed by atoms with Crippen molar-refractivity contribution >= 4 is 0 Å². The minimum Gasteiger partial charge on any atom is -0.313 e. The van der Waals surface area contributed by atoms with Crippen LogP contribution in [0.15, 0.2) is 11.6 Å². The topological polar surface area (TPSA) is 12.0 Å². The minimum atomic E-state index is 1.07. The van der Waals surface area contributed by atoms with Crippen LogP contribution in [-0.4, -0.2) is 13.1 Å². The predicted molar refractivity (Wildman–Crippen MR) is 70.7 cm³/mol. The summed E-state index contributed by atoms with van der Waals surface area (Å²) < 4.78 is 0. The second kappa shape index (κ2) is 4.12. The average molecular weight is 231 g/mol. The Morgan fingerprint density at radius 1 is 1.00 bits per heavy atom. The lowest BCUT2D eigenvalue weighted by Gasteiger charge is -2.54. The molecule has 5 fully saturated rings. The zero-order valence-corrected chi connectivity index (χ0v) is 10.8. The van der Waals surface area contributed by atoms with E-state index in [1.807, 2.05) is 0 Å². The zero-order valence-electron chi connectivity index (χ0n) is 10.8. The van der Waals surface area contributed by atoms with Gasteiger partial charge in [-0.15, -0.1) is 0 Å². The molecule has 1 saturated heterocycles. The molecule has 4 aliphatic carbocycles. The van der Waals surface area contributed by atoms with Gasteiger partial charge in [0.15, 0.2) is 0 Å². The lowest BCUT2D eigenvalue weighted by molar-refractivity contribution is -0.0349. The van der Waals surface area contributed by atoms with Crippen molar-refractivity contribution in [1.82, 2.24) is 5.32 Å². The summed E-state index contributed by atoms with van der Waals surface area (Å²) >= 11 is 0. The fourth-order valence-corrected chi connectivity index (χ4v) is 5.49. The van der Waals surface area contributed by atoms with Crippen LogP contribution in [0.3, 0.4) is 0 Å². The van der Waals surface area contributed by atoms with E-state index in [0.29, 0.717) is 0 Å². The maximum Gasteiger partial charge on any atom is 0.0165 e. The maximum absolute atomic E-state index is 3.46. The van der Waals surface area contributed by atoms with Crippen LogP contribution in [0.4, 0.5) is 0 Å². The van der Waals surface area contributed by atoms with Gasteiger partial charge in [-0.1, -0.05) is 11.6 Å². The van der Waals surface area contributed by atoms with E-state index in [9.17, 15) is 0 Å². The highest BCUT2D eigenvalue weighted by Crippen LogP contribution is 2.57. The molecule has 0 radical (unpaired) electrons. The Hall–Kier alpha value is -0.300. The highest BCUT2D eigenvalue weighted by molar-refractivity contribution is 5.10. The van der Waals surface area contributed by atoms with Gasteiger partial charge >= 0.3 is 0 Å². The Kier molecular flexibility index (Phi) is 2.57. The van der Waals surface area contributed by atoms with Crippen molar-refractivity contribution in [3.05, 3.63) is 11.6 Å². The molecule has 4 saturated carbocycles. The first-order valence-electron chi connectivity index (χ1n) is 7.77. The van der Waals surface area contributed by atoms with Crippen LogP contribution in [0.5, 0.6) is 0 Å². The lowest BCUT2D eigenvalue weighted by atomic mass is 9.51. The summed E-state index contributed by atoms with van der Waals surface area (Å²) in [4.78, 5) is 0. The highest BCUT2D eigenvalue weighted by atomic mass is 14.9. The molecule has 1 nitrogen and oxygen atoms in total. The molecule has 0 unspecified atom stereocenters. The molecule has 1 N–H and O–H groups in total.